The van der Waals surface area contributed by atoms with Gasteiger partial charge in [-0.05, 0) is 17.9 Å². The highest BCUT2D eigenvalue weighted by Gasteiger charge is 2.17. The van der Waals surface area contributed by atoms with Crippen LogP contribution in [-0.4, -0.2) is 21.1 Å². The first-order valence-corrected chi connectivity index (χ1v) is 7.14. The first kappa shape index (κ1) is 13.8. The molecule has 104 valence electrons. The number of hydrogen-bond donors (Lipinski definition) is 1. The molecule has 0 aromatic carbocycles. The largest absolute Gasteiger partial charge is 0.368 e. The summed E-state index contributed by atoms with van der Waals surface area (Å²) in [5, 5.41) is 7.69. The summed E-state index contributed by atoms with van der Waals surface area (Å²) in [6.45, 7) is 7.81. The van der Waals surface area contributed by atoms with Crippen molar-refractivity contribution < 1.29 is 0 Å². The average Bonchev–Trinajstić information content (AvgIpc) is 2.85. The Kier molecular flexibility index (Phi) is 4.40. The van der Waals surface area contributed by atoms with Crippen LogP contribution in [0.1, 0.15) is 46.5 Å². The van der Waals surface area contributed by atoms with E-state index in [1.54, 1.807) is 12.4 Å². The van der Waals surface area contributed by atoms with E-state index in [1.807, 2.05) is 16.8 Å². The van der Waals surface area contributed by atoms with Crippen LogP contribution in [-0.2, 0) is 0 Å². The summed E-state index contributed by atoms with van der Waals surface area (Å²) in [6, 6.07) is 1.99. The highest BCUT2D eigenvalue weighted by Crippen LogP contribution is 2.24. The van der Waals surface area contributed by atoms with E-state index in [-0.39, 0.29) is 0 Å². The van der Waals surface area contributed by atoms with Gasteiger partial charge in [0.1, 0.15) is 5.52 Å². The Bertz CT molecular complexity index is 516. The zero-order chi connectivity index (χ0) is 13.7. The third kappa shape index (κ3) is 3.69. The van der Waals surface area contributed by atoms with Gasteiger partial charge in [0.05, 0.1) is 6.20 Å². The molecule has 0 aliphatic rings. The predicted octanol–water partition coefficient (Wildman–Crippen LogP) is 3.75. The van der Waals surface area contributed by atoms with Crippen LogP contribution in [0.15, 0.2) is 24.7 Å². The normalized spacial score (nSPS) is 11.9. The van der Waals surface area contributed by atoms with Gasteiger partial charge in [0.15, 0.2) is 5.82 Å². The van der Waals surface area contributed by atoms with Crippen LogP contribution in [0.2, 0.25) is 0 Å². The van der Waals surface area contributed by atoms with Crippen LogP contribution in [0.5, 0.6) is 0 Å². The van der Waals surface area contributed by atoms with Gasteiger partial charge in [0.25, 0.3) is 0 Å². The van der Waals surface area contributed by atoms with Crippen LogP contribution < -0.4 is 5.32 Å². The minimum atomic E-state index is 0.295. The molecule has 4 heteroatoms. The number of rotatable bonds is 7. The van der Waals surface area contributed by atoms with Gasteiger partial charge < -0.3 is 5.32 Å². The summed E-state index contributed by atoms with van der Waals surface area (Å²) < 4.78 is 1.85. The summed E-state index contributed by atoms with van der Waals surface area (Å²) in [6.07, 6.45) is 10.6. The van der Waals surface area contributed by atoms with Gasteiger partial charge in [-0.3, -0.25) is 0 Å². The number of nitrogens with one attached hydrogen (secondary N) is 1. The van der Waals surface area contributed by atoms with Gasteiger partial charge in [-0.2, -0.15) is 5.10 Å². The molecule has 2 aromatic rings. The molecule has 0 bridgehead atoms. The van der Waals surface area contributed by atoms with Crippen molar-refractivity contribution in [2.24, 2.45) is 5.41 Å². The summed E-state index contributed by atoms with van der Waals surface area (Å²) in [7, 11) is 0. The van der Waals surface area contributed by atoms with E-state index in [0.29, 0.717) is 5.41 Å². The zero-order valence-corrected chi connectivity index (χ0v) is 12.2. The average molecular weight is 260 g/mol. The Hall–Kier alpha value is -1.58. The number of fused-ring (bicyclic) bond motifs is 1. The minimum absolute atomic E-state index is 0.295. The molecular formula is C15H24N4. The Balaban J connectivity index is 1.96. The first-order valence-electron chi connectivity index (χ1n) is 7.14. The Morgan fingerprint density at radius 2 is 2.11 bits per heavy atom. The molecule has 1 N–H and O–H groups in total. The van der Waals surface area contributed by atoms with E-state index in [2.05, 4.69) is 36.2 Å². The van der Waals surface area contributed by atoms with E-state index in [0.717, 1.165) is 17.9 Å². The van der Waals surface area contributed by atoms with E-state index in [4.69, 9.17) is 0 Å². The number of unbranched alkanes of at least 4 members (excludes halogenated alkanes) is 2. The molecule has 0 aliphatic heterocycles. The van der Waals surface area contributed by atoms with Crippen molar-refractivity contribution in [2.45, 2.75) is 46.5 Å². The number of aromatic nitrogens is 3. The molecule has 0 saturated carbocycles. The lowest BCUT2D eigenvalue weighted by molar-refractivity contribution is 0.342. The van der Waals surface area contributed by atoms with Crippen molar-refractivity contribution >= 4 is 11.3 Å². The lowest BCUT2D eigenvalue weighted by Crippen LogP contribution is -2.23. The first-order chi connectivity index (χ1) is 9.12. The van der Waals surface area contributed by atoms with Crippen molar-refractivity contribution in [3.63, 3.8) is 0 Å². The molecule has 2 aromatic heterocycles. The SMILES string of the molecule is CCCCCC(C)(C)CNc1nccn2nccc12. The highest BCUT2D eigenvalue weighted by atomic mass is 15.2. The molecule has 2 rings (SSSR count). The molecule has 0 spiro atoms. The van der Waals surface area contributed by atoms with E-state index >= 15 is 0 Å². The van der Waals surface area contributed by atoms with E-state index < -0.39 is 0 Å². The summed E-state index contributed by atoms with van der Waals surface area (Å²) >= 11 is 0. The standard InChI is InChI=1S/C15H24N4/c1-4-5-6-8-15(2,3)12-17-14-13-7-9-18-19(13)11-10-16-14/h7,9-11H,4-6,8,12H2,1-3H3,(H,16,17). The summed E-state index contributed by atoms with van der Waals surface area (Å²) in [5.74, 6) is 0.920. The Labute approximate surface area is 115 Å². The highest BCUT2D eigenvalue weighted by molar-refractivity contribution is 5.66. The van der Waals surface area contributed by atoms with Gasteiger partial charge in [-0.25, -0.2) is 9.50 Å². The van der Waals surface area contributed by atoms with Crippen LogP contribution >= 0.6 is 0 Å². The second kappa shape index (κ2) is 6.04. The van der Waals surface area contributed by atoms with Gasteiger partial charge in [0, 0.05) is 18.9 Å². The zero-order valence-electron chi connectivity index (χ0n) is 12.2. The molecule has 0 unspecified atom stereocenters. The second-order valence-corrected chi connectivity index (χ2v) is 5.91. The fourth-order valence-electron chi connectivity index (χ4n) is 2.26. The van der Waals surface area contributed by atoms with Gasteiger partial charge in [0.2, 0.25) is 0 Å². The van der Waals surface area contributed by atoms with Crippen LogP contribution in [0.25, 0.3) is 5.52 Å². The minimum Gasteiger partial charge on any atom is -0.368 e. The second-order valence-electron chi connectivity index (χ2n) is 5.91. The molecule has 4 nitrogen and oxygen atoms in total. The fourth-order valence-corrected chi connectivity index (χ4v) is 2.26. The molecular weight excluding hydrogens is 236 g/mol. The smallest absolute Gasteiger partial charge is 0.152 e. The topological polar surface area (TPSA) is 42.2 Å². The number of anilines is 1. The van der Waals surface area contributed by atoms with Crippen molar-refractivity contribution in [1.29, 1.82) is 0 Å². The van der Waals surface area contributed by atoms with Gasteiger partial charge >= 0.3 is 0 Å². The van der Waals surface area contributed by atoms with Crippen LogP contribution in [0.4, 0.5) is 5.82 Å². The molecule has 0 amide bonds. The molecule has 2 heterocycles. The summed E-state index contributed by atoms with van der Waals surface area (Å²) in [4.78, 5) is 4.41. The maximum absolute atomic E-state index is 4.41. The third-order valence-corrected chi connectivity index (χ3v) is 3.52. The van der Waals surface area contributed by atoms with Crippen molar-refractivity contribution in [3.8, 4) is 0 Å². The molecule has 19 heavy (non-hydrogen) atoms. The third-order valence-electron chi connectivity index (χ3n) is 3.52. The van der Waals surface area contributed by atoms with Crippen LogP contribution in [0, 0.1) is 5.41 Å². The van der Waals surface area contributed by atoms with Crippen LogP contribution in [0.3, 0.4) is 0 Å². The maximum atomic E-state index is 4.41. The van der Waals surface area contributed by atoms with E-state index in [1.165, 1.54) is 25.7 Å². The van der Waals surface area contributed by atoms with Crippen molar-refractivity contribution in [2.75, 3.05) is 11.9 Å². The number of hydrogen-bond acceptors (Lipinski definition) is 3. The monoisotopic (exact) mass is 260 g/mol. The molecule has 0 fully saturated rings. The van der Waals surface area contributed by atoms with E-state index in [9.17, 15) is 0 Å². The molecule has 0 saturated heterocycles. The lowest BCUT2D eigenvalue weighted by atomic mass is 9.87. The Morgan fingerprint density at radius 3 is 2.89 bits per heavy atom. The lowest BCUT2D eigenvalue weighted by Gasteiger charge is -2.25. The van der Waals surface area contributed by atoms with Crippen molar-refractivity contribution in [1.82, 2.24) is 14.6 Å². The maximum Gasteiger partial charge on any atom is 0.152 e. The summed E-state index contributed by atoms with van der Waals surface area (Å²) in [5.41, 5.74) is 1.33. The predicted molar refractivity (Wildman–Crippen MR) is 79.4 cm³/mol. The molecule has 0 aliphatic carbocycles. The van der Waals surface area contributed by atoms with Gasteiger partial charge in [-0.1, -0.05) is 40.0 Å². The van der Waals surface area contributed by atoms with Gasteiger partial charge in [-0.15, -0.1) is 0 Å². The Morgan fingerprint density at radius 1 is 1.26 bits per heavy atom. The molecule has 0 radical (unpaired) electrons. The fraction of sp³-hybridized carbons (Fsp3) is 0.600. The quantitative estimate of drug-likeness (QED) is 0.771. The molecule has 0 atom stereocenters. The van der Waals surface area contributed by atoms with Crippen molar-refractivity contribution in [3.05, 3.63) is 24.7 Å². The number of nitrogens with zero attached hydrogens (tertiary/aromatic N) is 3.